The second-order valence-corrected chi connectivity index (χ2v) is 9.57. The molecule has 0 spiro atoms. The molecule has 0 aliphatic heterocycles. The van der Waals surface area contributed by atoms with Crippen molar-refractivity contribution in [3.63, 3.8) is 0 Å². The summed E-state index contributed by atoms with van der Waals surface area (Å²) < 4.78 is 0.719. The Balaban J connectivity index is 1.60. The Bertz CT molecular complexity index is 1220. The highest BCUT2D eigenvalue weighted by Gasteiger charge is 2.15. The predicted molar refractivity (Wildman–Crippen MR) is 154 cm³/mol. The van der Waals surface area contributed by atoms with E-state index in [-0.39, 0.29) is 5.91 Å². The number of rotatable bonds is 12. The molecular weight excluding hydrogens is 530 g/mol. The van der Waals surface area contributed by atoms with E-state index in [1.54, 1.807) is 36.5 Å². The van der Waals surface area contributed by atoms with Gasteiger partial charge < -0.3 is 15.5 Å². The van der Waals surface area contributed by atoms with Crippen molar-refractivity contribution in [1.82, 2.24) is 15.6 Å². The molecule has 0 bridgehead atoms. The summed E-state index contributed by atoms with van der Waals surface area (Å²) in [6.45, 7) is 11.1. The van der Waals surface area contributed by atoms with Crippen LogP contribution in [0.5, 0.6) is 0 Å². The van der Waals surface area contributed by atoms with Gasteiger partial charge >= 0.3 is 0 Å². The molecule has 0 aromatic heterocycles. The highest BCUT2D eigenvalue weighted by atomic mass is 79.9. The molecule has 194 valence electrons. The number of aryl methyl sites for hydroxylation is 1. The number of amides is 2. The normalized spacial score (nSPS) is 11.2. The third-order valence-electron chi connectivity index (χ3n) is 5.94. The van der Waals surface area contributed by atoms with Crippen LogP contribution in [0.15, 0.2) is 76.3 Å². The summed E-state index contributed by atoms with van der Waals surface area (Å²) in [5.74, 6) is -0.715. The first-order valence-electron chi connectivity index (χ1n) is 12.4. The number of hydrogen-bond donors (Lipinski definition) is 3. The Kier molecular flexibility index (Phi) is 11.0. The van der Waals surface area contributed by atoms with Crippen molar-refractivity contribution in [2.75, 3.05) is 31.5 Å². The van der Waals surface area contributed by atoms with Crippen molar-refractivity contribution >= 4 is 39.6 Å². The molecular formula is C29H34BrN5O2. The Morgan fingerprint density at radius 3 is 2.43 bits per heavy atom. The number of nitrogens with zero attached hydrogens (tertiary/aromatic N) is 2. The number of nitrogens with one attached hydrogen (secondary N) is 3. The minimum Gasteiger partial charge on any atom is -0.321 e. The molecule has 0 saturated heterocycles. The van der Waals surface area contributed by atoms with Gasteiger partial charge in [-0.1, -0.05) is 71.7 Å². The van der Waals surface area contributed by atoms with E-state index in [2.05, 4.69) is 55.8 Å². The Morgan fingerprint density at radius 1 is 0.973 bits per heavy atom. The topological polar surface area (TPSA) is 85.8 Å². The van der Waals surface area contributed by atoms with Crippen LogP contribution >= 0.6 is 15.9 Å². The molecule has 0 unspecified atom stereocenters. The molecule has 3 aromatic carbocycles. The zero-order chi connectivity index (χ0) is 26.6. The number of benzene rings is 3. The lowest BCUT2D eigenvalue weighted by atomic mass is 10.1. The quantitative estimate of drug-likeness (QED) is 0.160. The van der Waals surface area contributed by atoms with Crippen molar-refractivity contribution in [2.24, 2.45) is 5.10 Å². The van der Waals surface area contributed by atoms with Crippen molar-refractivity contribution in [1.29, 1.82) is 0 Å². The van der Waals surface area contributed by atoms with Gasteiger partial charge in [0.25, 0.3) is 11.8 Å². The summed E-state index contributed by atoms with van der Waals surface area (Å²) >= 11 is 3.40. The molecule has 0 aliphatic carbocycles. The van der Waals surface area contributed by atoms with Crippen LogP contribution in [0.4, 0.5) is 5.69 Å². The van der Waals surface area contributed by atoms with Crippen LogP contribution < -0.4 is 16.1 Å². The fourth-order valence-electron chi connectivity index (χ4n) is 3.77. The number of halogens is 1. The van der Waals surface area contributed by atoms with E-state index >= 15 is 0 Å². The van der Waals surface area contributed by atoms with Gasteiger partial charge in [-0.15, -0.1) is 0 Å². The average molecular weight is 565 g/mol. The van der Waals surface area contributed by atoms with Crippen LogP contribution in [0.1, 0.15) is 51.3 Å². The van der Waals surface area contributed by atoms with Crippen molar-refractivity contribution < 1.29 is 9.59 Å². The molecule has 2 amide bonds. The highest BCUT2D eigenvalue weighted by molar-refractivity contribution is 9.10. The van der Waals surface area contributed by atoms with Gasteiger partial charge in [-0.3, -0.25) is 9.59 Å². The van der Waals surface area contributed by atoms with Crippen LogP contribution in [-0.2, 0) is 6.54 Å². The summed E-state index contributed by atoms with van der Waals surface area (Å²) in [5.41, 5.74) is 6.85. The smallest absolute Gasteiger partial charge is 0.273 e. The van der Waals surface area contributed by atoms with E-state index in [9.17, 15) is 9.59 Å². The van der Waals surface area contributed by atoms with Gasteiger partial charge in [0.15, 0.2) is 0 Å². The maximum Gasteiger partial charge on any atom is 0.273 e. The molecule has 0 aliphatic rings. The third-order valence-corrected chi connectivity index (χ3v) is 6.43. The van der Waals surface area contributed by atoms with Crippen molar-refractivity contribution in [2.45, 2.75) is 27.3 Å². The van der Waals surface area contributed by atoms with Crippen LogP contribution in [0.3, 0.4) is 0 Å². The third kappa shape index (κ3) is 8.93. The molecule has 7 nitrogen and oxygen atoms in total. The number of hydrogen-bond acceptors (Lipinski definition) is 5. The van der Waals surface area contributed by atoms with Crippen LogP contribution in [0.2, 0.25) is 0 Å². The molecule has 0 heterocycles. The fraction of sp³-hybridized carbons (Fsp3) is 0.276. The molecule has 3 rings (SSSR count). The van der Waals surface area contributed by atoms with E-state index in [0.29, 0.717) is 16.8 Å². The van der Waals surface area contributed by atoms with E-state index < -0.39 is 5.91 Å². The molecule has 0 atom stereocenters. The summed E-state index contributed by atoms with van der Waals surface area (Å²) in [6, 6.07) is 20.4. The Hall–Kier alpha value is -3.33. The highest BCUT2D eigenvalue weighted by Crippen LogP contribution is 2.22. The number of likely N-dealkylation sites (N-methyl/N-ethyl adjacent to an activating group) is 1. The molecule has 0 saturated carbocycles. The summed E-state index contributed by atoms with van der Waals surface area (Å²) in [7, 11) is 0. The lowest BCUT2D eigenvalue weighted by Gasteiger charge is -2.18. The number of carbonyl (C=O) groups is 2. The lowest BCUT2D eigenvalue weighted by Crippen LogP contribution is -2.31. The van der Waals surface area contributed by atoms with Gasteiger partial charge in [0, 0.05) is 29.7 Å². The Labute approximate surface area is 227 Å². The van der Waals surface area contributed by atoms with Gasteiger partial charge in [-0.25, -0.2) is 5.43 Å². The fourth-order valence-corrected chi connectivity index (χ4v) is 4.13. The van der Waals surface area contributed by atoms with Gasteiger partial charge in [-0.05, 0) is 61.5 Å². The first-order chi connectivity index (χ1) is 17.9. The maximum atomic E-state index is 12.9. The van der Waals surface area contributed by atoms with E-state index in [1.165, 1.54) is 0 Å². The Morgan fingerprint density at radius 2 is 1.73 bits per heavy atom. The van der Waals surface area contributed by atoms with E-state index in [0.717, 1.165) is 53.9 Å². The van der Waals surface area contributed by atoms with Crippen LogP contribution in [0.25, 0.3) is 0 Å². The molecule has 8 heteroatoms. The number of carbonyl (C=O) groups excluding carboxylic acids is 2. The number of hydrazone groups is 1. The predicted octanol–water partition coefficient (Wildman–Crippen LogP) is 5.21. The summed E-state index contributed by atoms with van der Waals surface area (Å²) in [4.78, 5) is 28.1. The maximum absolute atomic E-state index is 12.9. The molecule has 3 N–H and O–H groups in total. The standard InChI is InChI=1S/C29H34BrN5O2/c1-4-35(5-2)16-15-31-19-22-9-11-24(12-10-22)28(36)33-27-14-13-25(30)18-26(27)29(37)34-32-20-23-8-6-7-21(3)17-23/h6-14,17-18,20,31H,4-5,15-16,19H2,1-3H3,(H,33,36)(H,34,37). The van der Waals surface area contributed by atoms with Crippen LogP contribution in [0, 0.1) is 6.92 Å². The van der Waals surface area contributed by atoms with Crippen molar-refractivity contribution in [3.8, 4) is 0 Å². The monoisotopic (exact) mass is 563 g/mol. The number of anilines is 1. The van der Waals surface area contributed by atoms with E-state index in [4.69, 9.17) is 0 Å². The second kappa shape index (κ2) is 14.4. The SMILES string of the molecule is CCN(CC)CCNCc1ccc(C(=O)Nc2ccc(Br)cc2C(=O)NN=Cc2cccc(C)c2)cc1. The largest absolute Gasteiger partial charge is 0.321 e. The minimum absolute atomic E-state index is 0.291. The minimum atomic E-state index is -0.424. The van der Waals surface area contributed by atoms with Crippen LogP contribution in [-0.4, -0.2) is 49.1 Å². The second-order valence-electron chi connectivity index (χ2n) is 8.66. The zero-order valence-electron chi connectivity index (χ0n) is 21.6. The zero-order valence-corrected chi connectivity index (χ0v) is 23.1. The summed E-state index contributed by atoms with van der Waals surface area (Å²) in [6.07, 6.45) is 1.58. The first-order valence-corrected chi connectivity index (χ1v) is 13.2. The lowest BCUT2D eigenvalue weighted by molar-refractivity contribution is 0.0956. The van der Waals surface area contributed by atoms with Gasteiger partial charge in [0.1, 0.15) is 0 Å². The first kappa shape index (κ1) is 28.2. The molecule has 0 fully saturated rings. The molecule has 37 heavy (non-hydrogen) atoms. The average Bonchev–Trinajstić information content (AvgIpc) is 2.90. The molecule has 3 aromatic rings. The van der Waals surface area contributed by atoms with Gasteiger partial charge in [0.2, 0.25) is 0 Å². The van der Waals surface area contributed by atoms with Gasteiger partial charge in [-0.2, -0.15) is 5.10 Å². The van der Waals surface area contributed by atoms with Crippen molar-refractivity contribution in [3.05, 3.63) is 99.0 Å². The van der Waals surface area contributed by atoms with E-state index in [1.807, 2.05) is 43.3 Å². The summed E-state index contributed by atoms with van der Waals surface area (Å²) in [5, 5.41) is 10.4. The molecule has 0 radical (unpaired) electrons. The van der Waals surface area contributed by atoms with Gasteiger partial charge in [0.05, 0.1) is 17.5 Å².